The molecule has 1 aromatic rings. The highest BCUT2D eigenvalue weighted by molar-refractivity contribution is 5.55. The van der Waals surface area contributed by atoms with Gasteiger partial charge in [0.05, 0.1) is 0 Å². The van der Waals surface area contributed by atoms with E-state index in [-0.39, 0.29) is 11.9 Å². The number of hydrogen-bond acceptors (Lipinski definition) is 2. The zero-order valence-corrected chi connectivity index (χ0v) is 12.9. The third-order valence-electron chi connectivity index (χ3n) is 4.80. The lowest BCUT2D eigenvalue weighted by Gasteiger charge is -2.37. The van der Waals surface area contributed by atoms with E-state index in [4.69, 9.17) is 5.73 Å². The van der Waals surface area contributed by atoms with Gasteiger partial charge in [0, 0.05) is 24.8 Å². The molecule has 0 radical (unpaired) electrons. The zero-order chi connectivity index (χ0) is 14.7. The molecule has 1 aliphatic rings. The van der Waals surface area contributed by atoms with E-state index in [1.54, 1.807) is 6.07 Å². The van der Waals surface area contributed by atoms with Crippen molar-refractivity contribution in [2.75, 3.05) is 11.9 Å². The van der Waals surface area contributed by atoms with E-state index in [2.05, 4.69) is 18.9 Å². The van der Waals surface area contributed by atoms with Crippen molar-refractivity contribution in [1.82, 2.24) is 0 Å². The second-order valence-electron chi connectivity index (χ2n) is 6.19. The number of anilines is 1. The van der Waals surface area contributed by atoms with Crippen LogP contribution in [0.1, 0.15) is 57.6 Å². The minimum atomic E-state index is -0.204. The summed E-state index contributed by atoms with van der Waals surface area (Å²) >= 11 is 0. The molecule has 1 saturated carbocycles. The monoisotopic (exact) mass is 278 g/mol. The molecule has 1 aromatic carbocycles. The lowest BCUT2D eigenvalue weighted by Crippen LogP contribution is -2.36. The van der Waals surface area contributed by atoms with Crippen LogP contribution >= 0.6 is 0 Å². The van der Waals surface area contributed by atoms with E-state index in [1.807, 2.05) is 13.0 Å². The summed E-state index contributed by atoms with van der Waals surface area (Å²) in [7, 11) is 2.12. The summed E-state index contributed by atoms with van der Waals surface area (Å²) in [6.07, 6.45) is 6.36. The molecule has 2 rings (SSSR count). The van der Waals surface area contributed by atoms with Crippen molar-refractivity contribution in [3.05, 3.63) is 29.6 Å². The molecule has 2 N–H and O–H groups in total. The van der Waals surface area contributed by atoms with Crippen LogP contribution in [0, 0.1) is 11.7 Å². The number of halogens is 1. The van der Waals surface area contributed by atoms with E-state index >= 15 is 0 Å². The first kappa shape index (κ1) is 15.3. The fourth-order valence-electron chi connectivity index (χ4n) is 3.35. The van der Waals surface area contributed by atoms with Gasteiger partial charge in [-0.3, -0.25) is 0 Å². The first-order valence-corrected chi connectivity index (χ1v) is 7.80. The molecule has 0 heterocycles. The number of nitrogens with zero attached hydrogens (tertiary/aromatic N) is 1. The number of nitrogens with two attached hydrogens (primary N) is 1. The van der Waals surface area contributed by atoms with E-state index in [1.165, 1.54) is 38.2 Å². The molecule has 2 nitrogen and oxygen atoms in total. The van der Waals surface area contributed by atoms with Gasteiger partial charge in [-0.25, -0.2) is 4.39 Å². The maximum Gasteiger partial charge on any atom is 0.123 e. The van der Waals surface area contributed by atoms with Gasteiger partial charge in [0.15, 0.2) is 0 Å². The predicted octanol–water partition coefficient (Wildman–Crippen LogP) is 4.25. The molecule has 1 atom stereocenters. The van der Waals surface area contributed by atoms with Crippen LogP contribution in [0.3, 0.4) is 0 Å². The van der Waals surface area contributed by atoms with Crippen LogP contribution in [0.2, 0.25) is 0 Å². The summed E-state index contributed by atoms with van der Waals surface area (Å²) in [5.74, 6) is 0.685. The van der Waals surface area contributed by atoms with Crippen LogP contribution < -0.4 is 10.6 Å². The highest BCUT2D eigenvalue weighted by Gasteiger charge is 2.25. The minimum absolute atomic E-state index is 0.143. The predicted molar refractivity (Wildman–Crippen MR) is 83.4 cm³/mol. The second kappa shape index (κ2) is 6.57. The van der Waals surface area contributed by atoms with Gasteiger partial charge in [-0.05, 0) is 62.3 Å². The lowest BCUT2D eigenvalue weighted by atomic mass is 9.84. The third kappa shape index (κ3) is 3.32. The Kier molecular flexibility index (Phi) is 5.03. The van der Waals surface area contributed by atoms with Gasteiger partial charge in [0.25, 0.3) is 0 Å². The Hall–Kier alpha value is -1.09. The molecule has 0 amide bonds. The van der Waals surface area contributed by atoms with E-state index in [0.29, 0.717) is 6.04 Å². The number of rotatable bonds is 4. The Morgan fingerprint density at radius 1 is 1.30 bits per heavy atom. The summed E-state index contributed by atoms with van der Waals surface area (Å²) in [6.45, 7) is 4.20. The molecule has 1 fully saturated rings. The zero-order valence-electron chi connectivity index (χ0n) is 12.9. The van der Waals surface area contributed by atoms with Crippen molar-refractivity contribution >= 4 is 5.69 Å². The van der Waals surface area contributed by atoms with Gasteiger partial charge in [-0.15, -0.1) is 0 Å². The maximum atomic E-state index is 13.4. The summed E-state index contributed by atoms with van der Waals surface area (Å²) < 4.78 is 13.4. The summed E-state index contributed by atoms with van der Waals surface area (Å²) in [5, 5.41) is 0. The molecule has 3 heteroatoms. The first-order chi connectivity index (χ1) is 9.52. The normalized spacial score (nSPS) is 24.4. The average Bonchev–Trinajstić information content (AvgIpc) is 2.46. The van der Waals surface area contributed by atoms with Crippen LogP contribution in [0.15, 0.2) is 18.2 Å². The standard InChI is InChI=1S/C17H27FN2/c1-4-13-5-8-15(9-6-13)20(3)17-10-7-14(18)11-16(17)12(2)19/h7,10-13,15H,4-6,8-9,19H2,1-3H3. The van der Waals surface area contributed by atoms with Gasteiger partial charge in [0.2, 0.25) is 0 Å². The van der Waals surface area contributed by atoms with Gasteiger partial charge in [0.1, 0.15) is 5.82 Å². The van der Waals surface area contributed by atoms with Crippen molar-refractivity contribution in [2.45, 2.75) is 58.0 Å². The Morgan fingerprint density at radius 2 is 1.95 bits per heavy atom. The number of hydrogen-bond donors (Lipinski definition) is 1. The van der Waals surface area contributed by atoms with Gasteiger partial charge in [-0.2, -0.15) is 0 Å². The molecule has 0 spiro atoms. The van der Waals surface area contributed by atoms with Crippen molar-refractivity contribution in [1.29, 1.82) is 0 Å². The van der Waals surface area contributed by atoms with E-state index in [9.17, 15) is 4.39 Å². The Morgan fingerprint density at radius 3 is 2.50 bits per heavy atom. The highest BCUT2D eigenvalue weighted by Crippen LogP contribution is 2.33. The van der Waals surface area contributed by atoms with Crippen molar-refractivity contribution < 1.29 is 4.39 Å². The topological polar surface area (TPSA) is 29.3 Å². The van der Waals surface area contributed by atoms with Gasteiger partial charge < -0.3 is 10.6 Å². The summed E-state index contributed by atoms with van der Waals surface area (Å²) in [6, 6.07) is 5.40. The second-order valence-corrected chi connectivity index (χ2v) is 6.19. The van der Waals surface area contributed by atoms with Crippen LogP contribution in [0.4, 0.5) is 10.1 Å². The Balaban J connectivity index is 2.15. The number of benzene rings is 1. The highest BCUT2D eigenvalue weighted by atomic mass is 19.1. The molecule has 112 valence electrons. The molecular formula is C17H27FN2. The summed E-state index contributed by atoms with van der Waals surface area (Å²) in [5.41, 5.74) is 7.99. The SMILES string of the molecule is CCC1CCC(N(C)c2ccc(F)cc2C(C)N)CC1. The van der Waals surface area contributed by atoms with Crippen LogP contribution in [0.25, 0.3) is 0 Å². The van der Waals surface area contributed by atoms with E-state index < -0.39 is 0 Å². The lowest BCUT2D eigenvalue weighted by molar-refractivity contribution is 0.313. The first-order valence-electron chi connectivity index (χ1n) is 7.80. The molecule has 0 aromatic heterocycles. The van der Waals surface area contributed by atoms with Crippen LogP contribution in [-0.4, -0.2) is 13.1 Å². The van der Waals surface area contributed by atoms with E-state index in [0.717, 1.165) is 17.2 Å². The van der Waals surface area contributed by atoms with Crippen LogP contribution in [0.5, 0.6) is 0 Å². The van der Waals surface area contributed by atoms with Crippen molar-refractivity contribution in [2.24, 2.45) is 11.7 Å². The van der Waals surface area contributed by atoms with Gasteiger partial charge in [-0.1, -0.05) is 13.3 Å². The molecule has 1 unspecified atom stereocenters. The Bertz CT molecular complexity index is 437. The molecule has 20 heavy (non-hydrogen) atoms. The molecule has 0 bridgehead atoms. The fraction of sp³-hybridized carbons (Fsp3) is 0.647. The minimum Gasteiger partial charge on any atom is -0.371 e. The largest absolute Gasteiger partial charge is 0.371 e. The quantitative estimate of drug-likeness (QED) is 0.892. The van der Waals surface area contributed by atoms with Crippen molar-refractivity contribution in [3.8, 4) is 0 Å². The smallest absolute Gasteiger partial charge is 0.123 e. The Labute approximate surface area is 122 Å². The average molecular weight is 278 g/mol. The molecular weight excluding hydrogens is 251 g/mol. The molecule has 0 saturated heterocycles. The van der Waals surface area contributed by atoms with Crippen LogP contribution in [-0.2, 0) is 0 Å². The fourth-order valence-corrected chi connectivity index (χ4v) is 3.35. The summed E-state index contributed by atoms with van der Waals surface area (Å²) in [4.78, 5) is 2.31. The third-order valence-corrected chi connectivity index (χ3v) is 4.80. The maximum absolute atomic E-state index is 13.4. The van der Waals surface area contributed by atoms with Gasteiger partial charge >= 0.3 is 0 Å². The van der Waals surface area contributed by atoms with Crippen molar-refractivity contribution in [3.63, 3.8) is 0 Å². The molecule has 1 aliphatic carbocycles. The molecule has 0 aliphatic heterocycles.